The number of anilines is 3. The smallest absolute Gasteiger partial charge is 0.413 e. The average molecular weight is 605 g/mol. The summed E-state index contributed by atoms with van der Waals surface area (Å²) in [6.45, 7) is 11.1. The summed E-state index contributed by atoms with van der Waals surface area (Å²) in [6.07, 6.45) is -1.89. The quantitative estimate of drug-likeness (QED) is 0.310. The summed E-state index contributed by atoms with van der Waals surface area (Å²) in [5.74, 6) is -0.741. The van der Waals surface area contributed by atoms with E-state index in [1.54, 1.807) is 12.1 Å². The molecule has 0 radical (unpaired) electrons. The molecule has 1 fully saturated rings. The van der Waals surface area contributed by atoms with Crippen LogP contribution in [0.1, 0.15) is 51.2 Å². The van der Waals surface area contributed by atoms with Gasteiger partial charge in [0.15, 0.2) is 8.32 Å². The Kier molecular flexibility index (Phi) is 8.65. The molecule has 0 bridgehead atoms. The second-order valence-electron chi connectivity index (χ2n) is 10.5. The van der Waals surface area contributed by atoms with Gasteiger partial charge in [-0.3, -0.25) is 0 Å². The van der Waals surface area contributed by atoms with Gasteiger partial charge in [-0.1, -0.05) is 32.4 Å². The van der Waals surface area contributed by atoms with Crippen LogP contribution in [-0.2, 0) is 17.2 Å². The second kappa shape index (κ2) is 10.9. The van der Waals surface area contributed by atoms with Gasteiger partial charge in [0.1, 0.15) is 11.4 Å². The first-order valence-electron chi connectivity index (χ1n) is 11.6. The topological polar surface area (TPSA) is 82.9 Å². The number of nitriles is 1. The van der Waals surface area contributed by atoms with E-state index in [1.165, 1.54) is 0 Å². The summed E-state index contributed by atoms with van der Waals surface area (Å²) in [7, 11) is -2.02. The standard InChI is InChI=1S/C24H30BrClF3N5OSi/c1-23(2,3)36(4,5)35-13-15-9-16(10-18(26)20(15)25)32-22-31-12-17(24(27,28)29)21(34-22)33-19-8-6-7-14(19)11-30/h9-10,12,14,19H,6-8,13H2,1-5H3,(H2,31,32,33,34). The first-order valence-corrected chi connectivity index (χ1v) is 15.7. The van der Waals surface area contributed by atoms with E-state index in [9.17, 15) is 18.4 Å². The minimum absolute atomic E-state index is 0.0216. The van der Waals surface area contributed by atoms with Crippen molar-refractivity contribution < 1.29 is 17.6 Å². The number of hydrogen-bond acceptors (Lipinski definition) is 6. The molecule has 0 aliphatic heterocycles. The fourth-order valence-corrected chi connectivity index (χ4v) is 5.18. The number of nitrogens with one attached hydrogen (secondary N) is 2. The second-order valence-corrected chi connectivity index (χ2v) is 16.5. The Morgan fingerprint density at radius 2 is 1.94 bits per heavy atom. The highest BCUT2D eigenvalue weighted by Gasteiger charge is 2.38. The van der Waals surface area contributed by atoms with Crippen LogP contribution in [-0.4, -0.2) is 24.3 Å². The van der Waals surface area contributed by atoms with Crippen LogP contribution in [0.25, 0.3) is 0 Å². The number of alkyl halides is 3. The van der Waals surface area contributed by atoms with Gasteiger partial charge in [-0.25, -0.2) is 4.98 Å². The van der Waals surface area contributed by atoms with Crippen LogP contribution in [0.4, 0.5) is 30.6 Å². The van der Waals surface area contributed by atoms with E-state index in [0.29, 0.717) is 34.6 Å². The molecule has 1 aliphatic carbocycles. The molecule has 0 saturated heterocycles. The Labute approximate surface area is 224 Å². The number of aromatic nitrogens is 2. The van der Waals surface area contributed by atoms with Gasteiger partial charge in [0.2, 0.25) is 5.95 Å². The summed E-state index contributed by atoms with van der Waals surface area (Å²) in [5, 5.41) is 15.6. The fourth-order valence-electron chi connectivity index (χ4n) is 3.65. The predicted molar refractivity (Wildman–Crippen MR) is 142 cm³/mol. The highest BCUT2D eigenvalue weighted by molar-refractivity contribution is 9.10. The first-order chi connectivity index (χ1) is 16.6. The van der Waals surface area contributed by atoms with Gasteiger partial charge >= 0.3 is 6.18 Å². The SMILES string of the molecule is CC(C)(C)[Si](C)(C)OCc1cc(Nc2ncc(C(F)(F)F)c(NC3CCCC3C#N)n2)cc(Cl)c1Br. The number of rotatable bonds is 7. The molecule has 2 N–H and O–H groups in total. The monoisotopic (exact) mass is 603 g/mol. The van der Waals surface area contributed by atoms with Crippen LogP contribution in [0.15, 0.2) is 22.8 Å². The Bertz CT molecular complexity index is 1150. The minimum atomic E-state index is -4.64. The van der Waals surface area contributed by atoms with Crippen molar-refractivity contribution in [3.63, 3.8) is 0 Å². The maximum absolute atomic E-state index is 13.6. The van der Waals surface area contributed by atoms with Gasteiger partial charge < -0.3 is 15.1 Å². The van der Waals surface area contributed by atoms with E-state index >= 15 is 0 Å². The minimum Gasteiger partial charge on any atom is -0.413 e. The third-order valence-electron chi connectivity index (χ3n) is 6.85. The van der Waals surface area contributed by atoms with Crippen molar-refractivity contribution in [2.24, 2.45) is 5.92 Å². The third-order valence-corrected chi connectivity index (χ3v) is 12.8. The van der Waals surface area contributed by atoms with Gasteiger partial charge in [-0.15, -0.1) is 0 Å². The largest absolute Gasteiger partial charge is 0.421 e. The van der Waals surface area contributed by atoms with Gasteiger partial charge in [0.05, 0.1) is 23.6 Å². The summed E-state index contributed by atoms with van der Waals surface area (Å²) in [4.78, 5) is 8.01. The van der Waals surface area contributed by atoms with Crippen LogP contribution in [0, 0.1) is 17.2 Å². The maximum Gasteiger partial charge on any atom is 0.421 e. The normalized spacial score (nSPS) is 18.7. The molecule has 2 atom stereocenters. The summed E-state index contributed by atoms with van der Waals surface area (Å²) in [6, 6.07) is 5.21. The zero-order valence-corrected chi connectivity index (χ0v) is 24.2. The highest BCUT2D eigenvalue weighted by Crippen LogP contribution is 2.39. The molecule has 196 valence electrons. The molecule has 2 aromatic rings. The average Bonchev–Trinajstić information content (AvgIpc) is 3.20. The lowest BCUT2D eigenvalue weighted by Gasteiger charge is -2.36. The van der Waals surface area contributed by atoms with Crippen molar-refractivity contribution in [3.05, 3.63) is 39.0 Å². The molecule has 1 aromatic heterocycles. The number of nitrogens with zero attached hydrogens (tertiary/aromatic N) is 3. The van der Waals surface area contributed by atoms with Crippen LogP contribution < -0.4 is 10.6 Å². The van der Waals surface area contributed by atoms with Crippen molar-refractivity contribution >= 4 is 53.3 Å². The van der Waals surface area contributed by atoms with Crippen LogP contribution in [0.3, 0.4) is 0 Å². The maximum atomic E-state index is 13.6. The van der Waals surface area contributed by atoms with E-state index < -0.39 is 26.1 Å². The highest BCUT2D eigenvalue weighted by atomic mass is 79.9. The van der Waals surface area contributed by atoms with Crippen molar-refractivity contribution in [2.45, 2.75) is 77.0 Å². The number of benzene rings is 1. The first kappa shape index (κ1) is 28.7. The van der Waals surface area contributed by atoms with Crippen molar-refractivity contribution in [1.29, 1.82) is 5.26 Å². The van der Waals surface area contributed by atoms with Crippen molar-refractivity contribution in [2.75, 3.05) is 10.6 Å². The molecule has 1 aromatic carbocycles. The van der Waals surface area contributed by atoms with Crippen molar-refractivity contribution in [3.8, 4) is 6.07 Å². The zero-order chi connectivity index (χ0) is 26.9. The Balaban J connectivity index is 1.88. The van der Waals surface area contributed by atoms with Crippen LogP contribution in [0.5, 0.6) is 0 Å². The lowest BCUT2D eigenvalue weighted by atomic mass is 10.1. The molecule has 36 heavy (non-hydrogen) atoms. The molecular formula is C24H30BrClF3N5OSi. The van der Waals surface area contributed by atoms with Crippen LogP contribution in [0.2, 0.25) is 23.2 Å². The summed E-state index contributed by atoms with van der Waals surface area (Å²) < 4.78 is 47.9. The Morgan fingerprint density at radius 1 is 1.25 bits per heavy atom. The molecule has 12 heteroatoms. The molecule has 0 amide bonds. The lowest BCUT2D eigenvalue weighted by molar-refractivity contribution is -0.137. The van der Waals surface area contributed by atoms with Gasteiger partial charge in [0, 0.05) is 22.4 Å². The third kappa shape index (κ3) is 6.71. The van der Waals surface area contributed by atoms with E-state index in [0.717, 1.165) is 18.2 Å². The van der Waals surface area contributed by atoms with E-state index in [1.807, 2.05) is 0 Å². The zero-order valence-electron chi connectivity index (χ0n) is 20.9. The molecule has 6 nitrogen and oxygen atoms in total. The van der Waals surface area contributed by atoms with Crippen molar-refractivity contribution in [1.82, 2.24) is 9.97 Å². The van der Waals surface area contributed by atoms with E-state index in [-0.39, 0.29) is 22.7 Å². The number of hydrogen-bond donors (Lipinski definition) is 2. The molecular weight excluding hydrogens is 575 g/mol. The van der Waals surface area contributed by atoms with Gasteiger partial charge in [-0.2, -0.15) is 23.4 Å². The van der Waals surface area contributed by atoms with Crippen LogP contribution >= 0.6 is 27.5 Å². The Hall–Kier alpha value is -1.87. The predicted octanol–water partition coefficient (Wildman–Crippen LogP) is 8.28. The van der Waals surface area contributed by atoms with Gasteiger partial charge in [0.25, 0.3) is 0 Å². The van der Waals surface area contributed by atoms with E-state index in [2.05, 4.69) is 76.5 Å². The molecule has 1 heterocycles. The Morgan fingerprint density at radius 3 is 2.56 bits per heavy atom. The summed E-state index contributed by atoms with van der Waals surface area (Å²) in [5.41, 5.74) is 0.329. The molecule has 0 spiro atoms. The van der Waals surface area contributed by atoms with Gasteiger partial charge in [-0.05, 0) is 71.0 Å². The molecule has 3 rings (SSSR count). The fraction of sp³-hybridized carbons (Fsp3) is 0.542. The number of halogens is 5. The molecule has 1 aliphatic rings. The molecule has 1 saturated carbocycles. The molecule has 2 unspecified atom stereocenters. The van der Waals surface area contributed by atoms with E-state index in [4.69, 9.17) is 16.0 Å². The lowest BCUT2D eigenvalue weighted by Crippen LogP contribution is -2.40. The summed E-state index contributed by atoms with van der Waals surface area (Å²) >= 11 is 9.93.